The number of hydrogen-bond donors (Lipinski definition) is 0. The Morgan fingerprint density at radius 1 is 0.545 bits per heavy atom. The third kappa shape index (κ3) is 18.1. The molecule has 0 aromatic heterocycles. The molecule has 0 amide bonds. The summed E-state index contributed by atoms with van der Waals surface area (Å²) in [5.41, 5.74) is 1.03. The number of carbonyl (C=O) groups excluding carboxylic acids is 4. The van der Waals surface area contributed by atoms with Crippen molar-refractivity contribution in [1.29, 1.82) is 0 Å². The van der Waals surface area contributed by atoms with Gasteiger partial charge in [0, 0.05) is 27.7 Å². The number of rotatable bonds is 13. The molecule has 0 aromatic rings. The van der Waals surface area contributed by atoms with E-state index >= 15 is 0 Å². The van der Waals surface area contributed by atoms with E-state index in [9.17, 15) is 19.2 Å². The van der Waals surface area contributed by atoms with Crippen LogP contribution >= 0.6 is 0 Å². The predicted octanol–water partition coefficient (Wildman–Crippen LogP) is 4.26. The lowest BCUT2D eigenvalue weighted by Gasteiger charge is -2.23. The molecular weight excluding hydrogens is 428 g/mol. The van der Waals surface area contributed by atoms with Gasteiger partial charge in [-0.15, -0.1) is 0 Å². The first-order chi connectivity index (χ1) is 15.1. The Balaban J connectivity index is 0. The van der Waals surface area contributed by atoms with Crippen LogP contribution in [0, 0.1) is 5.41 Å². The molecule has 0 aliphatic heterocycles. The molecule has 8 nitrogen and oxygen atoms in total. The topological polar surface area (TPSA) is 105 Å². The molecule has 0 fully saturated rings. The van der Waals surface area contributed by atoms with Crippen LogP contribution in [-0.2, 0) is 38.1 Å². The number of ether oxygens (including phenoxy) is 4. The van der Waals surface area contributed by atoms with Crippen molar-refractivity contribution in [3.05, 3.63) is 48.6 Å². The molecule has 0 rings (SSSR count). The molecule has 0 saturated heterocycles. The fraction of sp³-hybridized carbons (Fsp3) is 0.520. The van der Waals surface area contributed by atoms with Crippen LogP contribution in [0.3, 0.4) is 0 Å². The van der Waals surface area contributed by atoms with Gasteiger partial charge in [-0.1, -0.05) is 40.2 Å². The van der Waals surface area contributed by atoms with Crippen LogP contribution < -0.4 is 0 Å². The van der Waals surface area contributed by atoms with Crippen molar-refractivity contribution in [2.75, 3.05) is 26.4 Å². The van der Waals surface area contributed by atoms with Gasteiger partial charge in [0.1, 0.15) is 0 Å². The first-order valence-electron chi connectivity index (χ1n) is 10.4. The van der Waals surface area contributed by atoms with Gasteiger partial charge in [0.15, 0.2) is 0 Å². The summed E-state index contributed by atoms with van der Waals surface area (Å²) < 4.78 is 19.7. The SMILES string of the molecule is C=C(C)C(=O)OCC(C)(C)COC(=O)C(=C)C.C=C(C)C(=O)OCCCCOC(=O)C(=C)C. The molecule has 0 unspecified atom stereocenters. The van der Waals surface area contributed by atoms with E-state index in [2.05, 4.69) is 26.3 Å². The van der Waals surface area contributed by atoms with Crippen LogP contribution in [0.2, 0.25) is 0 Å². The maximum atomic E-state index is 11.2. The van der Waals surface area contributed by atoms with Crippen LogP contribution in [0.4, 0.5) is 0 Å². The number of carbonyl (C=O) groups is 4. The van der Waals surface area contributed by atoms with Crippen molar-refractivity contribution in [3.63, 3.8) is 0 Å². The van der Waals surface area contributed by atoms with Gasteiger partial charge in [-0.25, -0.2) is 19.2 Å². The summed E-state index contributed by atoms with van der Waals surface area (Å²) in [6, 6.07) is 0. The molecule has 0 atom stereocenters. The van der Waals surface area contributed by atoms with Crippen molar-refractivity contribution in [2.45, 2.75) is 54.4 Å². The quantitative estimate of drug-likeness (QED) is 0.172. The van der Waals surface area contributed by atoms with Crippen LogP contribution in [0.1, 0.15) is 54.4 Å². The van der Waals surface area contributed by atoms with Crippen LogP contribution in [0.25, 0.3) is 0 Å². The van der Waals surface area contributed by atoms with Gasteiger partial charge < -0.3 is 18.9 Å². The van der Waals surface area contributed by atoms with E-state index in [0.717, 1.165) is 0 Å². The molecule has 186 valence electrons. The lowest BCUT2D eigenvalue weighted by atomic mass is 9.96. The zero-order chi connectivity index (χ0) is 26.2. The van der Waals surface area contributed by atoms with Crippen molar-refractivity contribution >= 4 is 23.9 Å². The van der Waals surface area contributed by atoms with Gasteiger partial charge in [-0.05, 0) is 40.5 Å². The monoisotopic (exact) mass is 466 g/mol. The Kier molecular flexibility index (Phi) is 16.0. The average molecular weight is 467 g/mol. The highest BCUT2D eigenvalue weighted by molar-refractivity contribution is 5.88. The molecule has 0 aromatic carbocycles. The van der Waals surface area contributed by atoms with Gasteiger partial charge >= 0.3 is 23.9 Å². The summed E-state index contributed by atoms with van der Waals surface area (Å²) in [6.07, 6.45) is 1.31. The van der Waals surface area contributed by atoms with Crippen molar-refractivity contribution in [1.82, 2.24) is 0 Å². The van der Waals surface area contributed by atoms with Crippen molar-refractivity contribution in [3.8, 4) is 0 Å². The van der Waals surface area contributed by atoms with Crippen molar-refractivity contribution in [2.24, 2.45) is 5.41 Å². The third-order valence-corrected chi connectivity index (χ3v) is 3.59. The minimum atomic E-state index is -0.440. The van der Waals surface area contributed by atoms with E-state index in [1.54, 1.807) is 27.7 Å². The van der Waals surface area contributed by atoms with Gasteiger partial charge in [-0.3, -0.25) is 0 Å². The van der Waals surface area contributed by atoms with Gasteiger partial charge in [0.05, 0.1) is 26.4 Å². The summed E-state index contributed by atoms with van der Waals surface area (Å²) in [6.45, 7) is 24.9. The zero-order valence-corrected chi connectivity index (χ0v) is 20.8. The average Bonchev–Trinajstić information content (AvgIpc) is 2.72. The Hall–Kier alpha value is -3.16. The largest absolute Gasteiger partial charge is 0.462 e. The van der Waals surface area contributed by atoms with E-state index < -0.39 is 17.4 Å². The fourth-order valence-corrected chi connectivity index (χ4v) is 1.59. The van der Waals surface area contributed by atoms with E-state index in [1.165, 1.54) is 0 Å². The Morgan fingerprint density at radius 2 is 0.788 bits per heavy atom. The van der Waals surface area contributed by atoms with E-state index in [-0.39, 0.29) is 25.2 Å². The number of unbranched alkanes of at least 4 members (excludes halogenated alkanes) is 1. The summed E-state index contributed by atoms with van der Waals surface area (Å²) >= 11 is 0. The van der Waals surface area contributed by atoms with Crippen LogP contribution in [-0.4, -0.2) is 50.3 Å². The lowest BCUT2D eigenvalue weighted by molar-refractivity contribution is -0.147. The number of hydrogen-bond acceptors (Lipinski definition) is 8. The standard InChI is InChI=1S/C13H20O4.C12H18O4/c1-9(2)11(14)16-7-13(5,6)8-17-12(15)10(3)4;1-9(2)11(13)15-7-5-6-8-16-12(14)10(3)4/h1,3,7-8H2,2,4-6H3;1,3,5-8H2,2,4H3. The first-order valence-corrected chi connectivity index (χ1v) is 10.4. The molecule has 8 heteroatoms. The molecule has 33 heavy (non-hydrogen) atoms. The highest BCUT2D eigenvalue weighted by Crippen LogP contribution is 2.17. The van der Waals surface area contributed by atoms with Gasteiger partial charge in [-0.2, -0.15) is 0 Å². The molecule has 0 saturated carbocycles. The maximum absolute atomic E-state index is 11.2. The smallest absolute Gasteiger partial charge is 0.333 e. The predicted molar refractivity (Wildman–Crippen MR) is 126 cm³/mol. The summed E-state index contributed by atoms with van der Waals surface area (Å²) in [7, 11) is 0. The van der Waals surface area contributed by atoms with Gasteiger partial charge in [0.2, 0.25) is 0 Å². The highest BCUT2D eigenvalue weighted by atomic mass is 16.6. The molecule has 0 spiro atoms. The minimum absolute atomic E-state index is 0.169. The van der Waals surface area contributed by atoms with E-state index in [0.29, 0.717) is 48.3 Å². The summed E-state index contributed by atoms with van der Waals surface area (Å²) in [5, 5.41) is 0. The highest BCUT2D eigenvalue weighted by Gasteiger charge is 2.23. The summed E-state index contributed by atoms with van der Waals surface area (Å²) in [5.74, 6) is -1.66. The zero-order valence-electron chi connectivity index (χ0n) is 20.8. The Labute approximate surface area is 197 Å². The van der Waals surface area contributed by atoms with Crippen LogP contribution in [0.5, 0.6) is 0 Å². The summed E-state index contributed by atoms with van der Waals surface area (Å²) in [4.78, 5) is 44.3. The molecule has 0 aliphatic carbocycles. The molecule has 0 bridgehead atoms. The molecule has 0 aliphatic rings. The van der Waals surface area contributed by atoms with Crippen molar-refractivity contribution < 1.29 is 38.1 Å². The molecule has 0 radical (unpaired) electrons. The normalized spacial score (nSPS) is 10.0. The second-order valence-electron chi connectivity index (χ2n) is 8.42. The van der Waals surface area contributed by atoms with E-state index in [1.807, 2.05) is 13.8 Å². The maximum Gasteiger partial charge on any atom is 0.333 e. The third-order valence-electron chi connectivity index (χ3n) is 3.59. The Bertz CT molecular complexity index is 696. The first kappa shape index (κ1) is 32.0. The van der Waals surface area contributed by atoms with E-state index in [4.69, 9.17) is 18.9 Å². The van der Waals surface area contributed by atoms with Gasteiger partial charge in [0.25, 0.3) is 0 Å². The molecule has 0 heterocycles. The molecule has 0 N–H and O–H groups in total. The second-order valence-corrected chi connectivity index (χ2v) is 8.42. The minimum Gasteiger partial charge on any atom is -0.462 e. The molecular formula is C25H38O8. The fourth-order valence-electron chi connectivity index (χ4n) is 1.59. The van der Waals surface area contributed by atoms with Crippen LogP contribution in [0.15, 0.2) is 48.6 Å². The lowest BCUT2D eigenvalue weighted by Crippen LogP contribution is -2.28. The second kappa shape index (κ2) is 16.5. The number of esters is 4. The Morgan fingerprint density at radius 3 is 1.03 bits per heavy atom.